The van der Waals surface area contributed by atoms with Gasteiger partial charge in [0.15, 0.2) is 0 Å². The maximum absolute atomic E-state index is 11.1. The molecule has 0 aliphatic heterocycles. The zero-order valence-corrected chi connectivity index (χ0v) is 21.0. The van der Waals surface area contributed by atoms with Gasteiger partial charge in [0.05, 0.1) is 5.56 Å². The molecule has 0 radical (unpaired) electrons. The molecule has 0 unspecified atom stereocenters. The summed E-state index contributed by atoms with van der Waals surface area (Å²) in [5.74, 6) is 1.25. The van der Waals surface area contributed by atoms with E-state index in [2.05, 4.69) is 29.1 Å². The Hall–Kier alpha value is -3.59. The third-order valence-corrected chi connectivity index (χ3v) is 5.62. The molecule has 5 N–H and O–H groups in total. The average molecular weight is 510 g/mol. The maximum Gasteiger partial charge on any atom is 0.250 e. The summed E-state index contributed by atoms with van der Waals surface area (Å²) in [5, 5.41) is 14.9. The van der Waals surface area contributed by atoms with Crippen LogP contribution in [0.15, 0.2) is 73.1 Å². The van der Waals surface area contributed by atoms with Crippen LogP contribution in [0.4, 0.5) is 0 Å². The lowest BCUT2D eigenvalue weighted by molar-refractivity contribution is -0.0000181. The maximum atomic E-state index is 11.1. The van der Waals surface area contributed by atoms with E-state index < -0.39 is 12.0 Å². The Labute approximate surface area is 216 Å². The first kappa shape index (κ1) is 27.0. The molecule has 9 heteroatoms. The number of pyridine rings is 1. The fraction of sp³-hybridized carbons (Fsp3) is 0.259. The minimum absolute atomic E-state index is 0. The highest BCUT2D eigenvalue weighted by Gasteiger charge is 2.20. The van der Waals surface area contributed by atoms with E-state index in [0.29, 0.717) is 23.7 Å². The zero-order chi connectivity index (χ0) is 24.8. The van der Waals surface area contributed by atoms with Crippen LogP contribution in [-0.2, 0) is 6.42 Å². The molecule has 0 saturated heterocycles. The number of β-amino-alcohol motifs (C(OH)–C–C–N with tert-alkyl or cyclic N) is 1. The van der Waals surface area contributed by atoms with E-state index in [4.69, 9.17) is 15.2 Å². The van der Waals surface area contributed by atoms with Gasteiger partial charge in [-0.3, -0.25) is 4.79 Å². The van der Waals surface area contributed by atoms with Crippen molar-refractivity contribution < 1.29 is 31.8 Å². The number of hydrogen-bond acceptors (Lipinski definition) is 6. The molecule has 2 aromatic heterocycles. The number of rotatable bonds is 11. The van der Waals surface area contributed by atoms with Gasteiger partial charge in [-0.1, -0.05) is 18.2 Å². The van der Waals surface area contributed by atoms with Gasteiger partial charge in [0.25, 0.3) is 0 Å². The molecule has 0 aliphatic carbocycles. The molecule has 36 heavy (non-hydrogen) atoms. The fourth-order valence-corrected chi connectivity index (χ4v) is 3.78. The van der Waals surface area contributed by atoms with Crippen LogP contribution in [0, 0.1) is 0 Å². The molecule has 0 aliphatic rings. The molecule has 2 aromatic carbocycles. The largest absolute Gasteiger partial charge is 1.00 e. The number of aromatic amines is 1. The molecule has 0 bridgehead atoms. The number of carbonyl (C=O) groups excluding carboxylic acids is 1. The van der Waals surface area contributed by atoms with Crippen LogP contribution in [0.1, 0.15) is 29.8 Å². The second-order valence-corrected chi connectivity index (χ2v) is 9.10. The number of aromatic nitrogens is 2. The molecule has 190 valence electrons. The van der Waals surface area contributed by atoms with Crippen molar-refractivity contribution in [2.45, 2.75) is 31.9 Å². The number of carbonyl (C=O) groups is 1. The Morgan fingerprint density at radius 1 is 1.14 bits per heavy atom. The predicted molar refractivity (Wildman–Crippen MR) is 135 cm³/mol. The second kappa shape index (κ2) is 11.9. The number of halogens is 1. The smallest absolute Gasteiger partial charge is 0.250 e. The highest BCUT2D eigenvalue weighted by Crippen LogP contribution is 2.25. The molecule has 2 heterocycles. The lowest BCUT2D eigenvalue weighted by atomic mass is 9.94. The molecule has 0 spiro atoms. The van der Waals surface area contributed by atoms with Gasteiger partial charge in [-0.25, -0.2) is 4.98 Å². The molecule has 1 atom stereocenters. The van der Waals surface area contributed by atoms with Crippen molar-refractivity contribution in [1.29, 1.82) is 0 Å². The van der Waals surface area contributed by atoms with Crippen molar-refractivity contribution in [3.63, 3.8) is 0 Å². The third kappa shape index (κ3) is 7.21. The van der Waals surface area contributed by atoms with Gasteiger partial charge in [0.2, 0.25) is 11.8 Å². The molecular formula is C27H30ClN4O4-. The van der Waals surface area contributed by atoms with E-state index in [-0.39, 0.29) is 24.6 Å². The van der Waals surface area contributed by atoms with E-state index in [9.17, 15) is 9.90 Å². The summed E-state index contributed by atoms with van der Waals surface area (Å²) in [6.07, 6.45) is 3.37. The summed E-state index contributed by atoms with van der Waals surface area (Å²) in [7, 11) is 0. The monoisotopic (exact) mass is 509 g/mol. The Kier molecular flexibility index (Phi) is 8.93. The van der Waals surface area contributed by atoms with E-state index in [1.165, 1.54) is 6.20 Å². The molecule has 1 amide bonds. The van der Waals surface area contributed by atoms with E-state index in [1.54, 1.807) is 12.1 Å². The van der Waals surface area contributed by atoms with E-state index >= 15 is 0 Å². The van der Waals surface area contributed by atoms with Crippen molar-refractivity contribution in [1.82, 2.24) is 15.3 Å². The number of primary amides is 1. The third-order valence-electron chi connectivity index (χ3n) is 5.62. The van der Waals surface area contributed by atoms with Gasteiger partial charge in [-0.05, 0) is 62.2 Å². The standard InChI is InChI=1S/C27H30N4O4.ClH/c1-27(2,31-16-20(32)17-34-24-5-3-4-23-22(24)12-13-29-23)14-18-6-9-21(10-7-18)35-25-11-8-19(15-30-25)26(28)33;/h3-13,15,20,29,31-32H,14,16-17H2,1-2H3,(H2,28,33);1H/p-1/t20-;/m0./s1. The van der Waals surface area contributed by atoms with Crippen molar-refractivity contribution in [3.05, 3.63) is 84.2 Å². The van der Waals surface area contributed by atoms with Crippen LogP contribution in [0.3, 0.4) is 0 Å². The summed E-state index contributed by atoms with van der Waals surface area (Å²) in [4.78, 5) is 18.4. The molecule has 4 aromatic rings. The summed E-state index contributed by atoms with van der Waals surface area (Å²) >= 11 is 0. The number of nitrogens with zero attached hydrogens (tertiary/aromatic N) is 1. The van der Waals surface area contributed by atoms with Crippen molar-refractivity contribution in [2.24, 2.45) is 5.73 Å². The number of aliphatic hydroxyl groups excluding tert-OH is 1. The first-order chi connectivity index (χ1) is 16.8. The first-order valence-corrected chi connectivity index (χ1v) is 11.4. The van der Waals surface area contributed by atoms with Crippen LogP contribution in [-0.4, -0.2) is 45.8 Å². The Bertz CT molecular complexity index is 1270. The number of nitrogens with one attached hydrogen (secondary N) is 2. The highest BCUT2D eigenvalue weighted by atomic mass is 35.5. The van der Waals surface area contributed by atoms with Gasteiger partial charge >= 0.3 is 0 Å². The van der Waals surface area contributed by atoms with Gasteiger partial charge in [-0.2, -0.15) is 0 Å². The Morgan fingerprint density at radius 3 is 2.61 bits per heavy atom. The zero-order valence-electron chi connectivity index (χ0n) is 20.2. The van der Waals surface area contributed by atoms with Crippen LogP contribution < -0.4 is 32.9 Å². The number of aliphatic hydroxyl groups is 1. The molecule has 4 rings (SSSR count). The van der Waals surface area contributed by atoms with Gasteiger partial charge < -0.3 is 43.0 Å². The Morgan fingerprint density at radius 2 is 1.92 bits per heavy atom. The second-order valence-electron chi connectivity index (χ2n) is 9.10. The Balaban J connectivity index is 0.00000361. The number of hydrogen-bond donors (Lipinski definition) is 4. The topological polar surface area (TPSA) is 122 Å². The summed E-state index contributed by atoms with van der Waals surface area (Å²) < 4.78 is 11.6. The summed E-state index contributed by atoms with van der Waals surface area (Å²) in [5.41, 5.74) is 7.45. The molecule has 0 fully saturated rings. The number of ether oxygens (including phenoxy) is 2. The van der Waals surface area contributed by atoms with Crippen molar-refractivity contribution in [3.8, 4) is 17.4 Å². The van der Waals surface area contributed by atoms with Gasteiger partial charge in [0, 0.05) is 41.4 Å². The van der Waals surface area contributed by atoms with Crippen LogP contribution in [0.2, 0.25) is 0 Å². The van der Waals surface area contributed by atoms with Gasteiger partial charge in [0.1, 0.15) is 24.2 Å². The van der Waals surface area contributed by atoms with Gasteiger partial charge in [-0.15, -0.1) is 0 Å². The van der Waals surface area contributed by atoms with Crippen LogP contribution in [0.25, 0.3) is 10.9 Å². The molecular weight excluding hydrogens is 480 g/mol. The number of fused-ring (bicyclic) bond motifs is 1. The predicted octanol–water partition coefficient (Wildman–Crippen LogP) is 0.809. The number of nitrogens with two attached hydrogens (primary N) is 1. The van der Waals surface area contributed by atoms with Crippen molar-refractivity contribution in [2.75, 3.05) is 13.2 Å². The van der Waals surface area contributed by atoms with E-state index in [0.717, 1.165) is 28.6 Å². The minimum Gasteiger partial charge on any atom is -1.00 e. The highest BCUT2D eigenvalue weighted by molar-refractivity contribution is 5.92. The number of benzene rings is 2. The first-order valence-electron chi connectivity index (χ1n) is 11.4. The van der Waals surface area contributed by atoms with E-state index in [1.807, 2.05) is 54.7 Å². The lowest BCUT2D eigenvalue weighted by Crippen LogP contribution is -3.00. The summed E-state index contributed by atoms with van der Waals surface area (Å²) in [6, 6.07) is 18.7. The van der Waals surface area contributed by atoms with Crippen LogP contribution in [0.5, 0.6) is 17.4 Å². The van der Waals surface area contributed by atoms with Crippen LogP contribution >= 0.6 is 0 Å². The lowest BCUT2D eigenvalue weighted by Gasteiger charge is -2.28. The SMILES string of the molecule is CC(C)(Cc1ccc(Oc2ccc(C(N)=O)cn2)cc1)NC[C@H](O)COc1cccc2[nH]ccc12.[Cl-]. The average Bonchev–Trinajstić information content (AvgIpc) is 3.32. The number of amides is 1. The summed E-state index contributed by atoms with van der Waals surface area (Å²) in [6.45, 7) is 4.80. The normalized spacial score (nSPS) is 12.1. The molecule has 0 saturated carbocycles. The quantitative estimate of drug-likeness (QED) is 0.237. The minimum atomic E-state index is -0.646. The fourth-order valence-electron chi connectivity index (χ4n) is 3.78. The number of H-pyrrole nitrogens is 1. The van der Waals surface area contributed by atoms with Crippen molar-refractivity contribution >= 4 is 16.8 Å². The molecule has 8 nitrogen and oxygen atoms in total.